The van der Waals surface area contributed by atoms with Crippen molar-refractivity contribution in [2.75, 3.05) is 13.2 Å². The summed E-state index contributed by atoms with van der Waals surface area (Å²) in [5.41, 5.74) is 3.42. The average molecular weight is 264 g/mol. The highest BCUT2D eigenvalue weighted by atomic mass is 16.6. The zero-order chi connectivity index (χ0) is 14.3. The fourth-order valence-electron chi connectivity index (χ4n) is 2.33. The van der Waals surface area contributed by atoms with Crippen LogP contribution in [-0.4, -0.2) is 19.2 Å². The smallest absolute Gasteiger partial charge is 0.339 e. The van der Waals surface area contributed by atoms with Crippen LogP contribution in [0, 0.1) is 0 Å². The van der Waals surface area contributed by atoms with E-state index < -0.39 is 6.10 Å². The van der Waals surface area contributed by atoms with Crippen molar-refractivity contribution in [3.8, 4) is 0 Å². The molecule has 0 aliphatic carbocycles. The second-order valence-corrected chi connectivity index (χ2v) is 4.28. The van der Waals surface area contributed by atoms with Crippen molar-refractivity contribution in [1.29, 1.82) is 0 Å². The van der Waals surface area contributed by atoms with Crippen LogP contribution < -0.4 is 0 Å². The Hall–Kier alpha value is -1.35. The monoisotopic (exact) mass is 264 g/mol. The highest BCUT2D eigenvalue weighted by molar-refractivity contribution is 5.77. The van der Waals surface area contributed by atoms with Crippen LogP contribution in [0.2, 0.25) is 0 Å². The maximum absolute atomic E-state index is 12.1. The fourth-order valence-corrected chi connectivity index (χ4v) is 2.33. The van der Waals surface area contributed by atoms with Crippen LogP contribution in [-0.2, 0) is 27.1 Å². The Balaban J connectivity index is 3.18. The largest absolute Gasteiger partial charge is 0.464 e. The van der Waals surface area contributed by atoms with Gasteiger partial charge in [-0.3, -0.25) is 0 Å². The van der Waals surface area contributed by atoms with Gasteiger partial charge in [0.2, 0.25) is 0 Å². The summed E-state index contributed by atoms with van der Waals surface area (Å²) in [5.74, 6) is -0.299. The van der Waals surface area contributed by atoms with Gasteiger partial charge in [0, 0.05) is 6.61 Å². The van der Waals surface area contributed by atoms with Gasteiger partial charge in [0.05, 0.1) is 6.61 Å². The summed E-state index contributed by atoms with van der Waals surface area (Å²) in [6, 6.07) is 6.06. The lowest BCUT2D eigenvalue weighted by atomic mass is 9.94. The van der Waals surface area contributed by atoms with E-state index >= 15 is 0 Å². The number of aryl methyl sites for hydroxylation is 1. The van der Waals surface area contributed by atoms with Crippen molar-refractivity contribution in [3.63, 3.8) is 0 Å². The Morgan fingerprint density at radius 2 is 1.84 bits per heavy atom. The maximum Gasteiger partial charge on any atom is 0.339 e. The molecule has 0 aromatic heterocycles. The molecule has 0 amide bonds. The molecule has 19 heavy (non-hydrogen) atoms. The van der Waals surface area contributed by atoms with E-state index in [2.05, 4.69) is 19.9 Å². The first-order valence-corrected chi connectivity index (χ1v) is 7.08. The minimum Gasteiger partial charge on any atom is -0.464 e. The summed E-state index contributed by atoms with van der Waals surface area (Å²) in [5, 5.41) is 0. The summed E-state index contributed by atoms with van der Waals surface area (Å²) in [6.45, 7) is 8.79. The minimum absolute atomic E-state index is 0.299. The molecule has 1 unspecified atom stereocenters. The Labute approximate surface area is 115 Å². The molecule has 0 saturated carbocycles. The van der Waals surface area contributed by atoms with Gasteiger partial charge in [-0.15, -0.1) is 0 Å². The highest BCUT2D eigenvalue weighted by Crippen LogP contribution is 2.26. The Bertz CT molecular complexity index is 412. The van der Waals surface area contributed by atoms with Crippen LogP contribution in [0.5, 0.6) is 0 Å². The quantitative estimate of drug-likeness (QED) is 0.708. The molecule has 0 fully saturated rings. The third-order valence-corrected chi connectivity index (χ3v) is 3.16. The predicted octanol–water partition coefficient (Wildman–Crippen LogP) is 3.45. The lowest BCUT2D eigenvalue weighted by Crippen LogP contribution is -2.21. The molecule has 3 heteroatoms. The third kappa shape index (κ3) is 3.80. The molecular weight excluding hydrogens is 240 g/mol. The summed E-state index contributed by atoms with van der Waals surface area (Å²) >= 11 is 0. The van der Waals surface area contributed by atoms with Crippen LogP contribution in [0.3, 0.4) is 0 Å². The van der Waals surface area contributed by atoms with Crippen molar-refractivity contribution in [3.05, 3.63) is 34.9 Å². The zero-order valence-electron chi connectivity index (χ0n) is 12.4. The molecule has 0 bridgehead atoms. The minimum atomic E-state index is -0.605. The van der Waals surface area contributed by atoms with E-state index in [0.717, 1.165) is 18.4 Å². The zero-order valence-corrected chi connectivity index (χ0v) is 12.4. The van der Waals surface area contributed by atoms with E-state index in [9.17, 15) is 4.79 Å². The van der Waals surface area contributed by atoms with Gasteiger partial charge in [-0.05, 0) is 43.4 Å². The topological polar surface area (TPSA) is 35.5 Å². The highest BCUT2D eigenvalue weighted by Gasteiger charge is 2.25. The Kier molecular flexibility index (Phi) is 6.57. The number of carbonyl (C=O) groups is 1. The van der Waals surface area contributed by atoms with Gasteiger partial charge in [-0.1, -0.05) is 32.0 Å². The number of rotatable bonds is 7. The maximum atomic E-state index is 12.1. The number of hydrogen-bond donors (Lipinski definition) is 0. The number of carbonyl (C=O) groups excluding carboxylic acids is 1. The van der Waals surface area contributed by atoms with E-state index in [-0.39, 0.29) is 5.97 Å². The van der Waals surface area contributed by atoms with Gasteiger partial charge in [0.25, 0.3) is 0 Å². The average Bonchev–Trinajstić information content (AvgIpc) is 2.43. The molecule has 1 atom stereocenters. The van der Waals surface area contributed by atoms with Crippen LogP contribution in [0.4, 0.5) is 0 Å². The van der Waals surface area contributed by atoms with Crippen molar-refractivity contribution in [1.82, 2.24) is 0 Å². The summed E-state index contributed by atoms with van der Waals surface area (Å²) in [6.07, 6.45) is 1.24. The van der Waals surface area contributed by atoms with Gasteiger partial charge in [-0.25, -0.2) is 4.79 Å². The number of hydrogen-bond acceptors (Lipinski definition) is 3. The molecule has 0 aliphatic rings. The van der Waals surface area contributed by atoms with Crippen molar-refractivity contribution >= 4 is 5.97 Å². The molecule has 3 nitrogen and oxygen atoms in total. The summed E-state index contributed by atoms with van der Waals surface area (Å²) in [4.78, 5) is 12.1. The summed E-state index contributed by atoms with van der Waals surface area (Å²) < 4.78 is 10.7. The summed E-state index contributed by atoms with van der Waals surface area (Å²) in [7, 11) is 0. The third-order valence-electron chi connectivity index (χ3n) is 3.16. The van der Waals surface area contributed by atoms with Gasteiger partial charge in [0.1, 0.15) is 0 Å². The van der Waals surface area contributed by atoms with Gasteiger partial charge < -0.3 is 9.47 Å². The van der Waals surface area contributed by atoms with Crippen molar-refractivity contribution in [2.24, 2.45) is 0 Å². The molecule has 0 spiro atoms. The Morgan fingerprint density at radius 1 is 1.11 bits per heavy atom. The predicted molar refractivity (Wildman–Crippen MR) is 76.2 cm³/mol. The fraction of sp³-hybridized carbons (Fsp3) is 0.562. The van der Waals surface area contributed by atoms with E-state index in [0.29, 0.717) is 13.2 Å². The standard InChI is InChI=1S/C16H24O3/c1-5-12-10-9-11-14(13(12)6-2)15(18-7-3)16(17)19-8-4/h9-11,15H,5-8H2,1-4H3. The molecule has 106 valence electrons. The SMILES string of the molecule is CCOC(=O)C(OCC)c1cccc(CC)c1CC. The van der Waals surface area contributed by atoms with Crippen LogP contribution in [0.15, 0.2) is 18.2 Å². The first-order valence-electron chi connectivity index (χ1n) is 7.08. The molecule has 0 aliphatic heterocycles. The lowest BCUT2D eigenvalue weighted by molar-refractivity contribution is -0.157. The molecule has 1 aromatic rings. The van der Waals surface area contributed by atoms with Gasteiger partial charge in [0.15, 0.2) is 6.10 Å². The molecule has 0 heterocycles. The van der Waals surface area contributed by atoms with E-state index in [4.69, 9.17) is 9.47 Å². The molecule has 1 aromatic carbocycles. The number of esters is 1. The van der Waals surface area contributed by atoms with Crippen LogP contribution in [0.1, 0.15) is 50.5 Å². The molecule has 0 radical (unpaired) electrons. The Morgan fingerprint density at radius 3 is 2.37 bits per heavy atom. The second-order valence-electron chi connectivity index (χ2n) is 4.28. The first-order chi connectivity index (χ1) is 9.19. The molecule has 0 N–H and O–H groups in total. The number of benzene rings is 1. The first kappa shape index (κ1) is 15.7. The van der Waals surface area contributed by atoms with Crippen LogP contribution >= 0.6 is 0 Å². The van der Waals surface area contributed by atoms with Crippen LogP contribution in [0.25, 0.3) is 0 Å². The molecule has 1 rings (SSSR count). The van der Waals surface area contributed by atoms with Crippen molar-refractivity contribution < 1.29 is 14.3 Å². The lowest BCUT2D eigenvalue weighted by Gasteiger charge is -2.20. The van der Waals surface area contributed by atoms with E-state index in [1.807, 2.05) is 26.0 Å². The molecule has 0 saturated heterocycles. The normalized spacial score (nSPS) is 12.2. The van der Waals surface area contributed by atoms with Crippen molar-refractivity contribution in [2.45, 2.75) is 46.6 Å². The second kappa shape index (κ2) is 7.95. The van der Waals surface area contributed by atoms with Gasteiger partial charge >= 0.3 is 5.97 Å². The van der Waals surface area contributed by atoms with E-state index in [1.165, 1.54) is 11.1 Å². The molecular formula is C16H24O3. The number of ether oxygens (including phenoxy) is 2. The van der Waals surface area contributed by atoms with Gasteiger partial charge in [-0.2, -0.15) is 0 Å². The van der Waals surface area contributed by atoms with E-state index in [1.54, 1.807) is 0 Å².